The zero-order valence-corrected chi connectivity index (χ0v) is 24.7. The summed E-state index contributed by atoms with van der Waals surface area (Å²) in [6.07, 6.45) is 3.56. The minimum Gasteiger partial charge on any atom is -0.384 e. The van der Waals surface area contributed by atoms with Gasteiger partial charge in [-0.15, -0.1) is 0 Å². The molecule has 4 N–H and O–H groups in total. The lowest BCUT2D eigenvalue weighted by atomic mass is 9.92. The molecule has 1 saturated heterocycles. The van der Waals surface area contributed by atoms with Crippen LogP contribution in [0.1, 0.15) is 32.2 Å². The van der Waals surface area contributed by atoms with Gasteiger partial charge in [-0.1, -0.05) is 57.2 Å². The number of carbonyl (C=O) groups excluding carboxylic acids is 1. The van der Waals surface area contributed by atoms with Crippen molar-refractivity contribution in [3.63, 3.8) is 0 Å². The molecule has 0 saturated carbocycles. The smallest absolute Gasteiger partial charge is 0.324 e. The van der Waals surface area contributed by atoms with Gasteiger partial charge in [-0.25, -0.2) is 14.5 Å². The summed E-state index contributed by atoms with van der Waals surface area (Å²) in [4.78, 5) is 24.7. The average molecular weight is 577 g/mol. The number of anilines is 3. The van der Waals surface area contributed by atoms with E-state index in [1.165, 1.54) is 0 Å². The van der Waals surface area contributed by atoms with Crippen LogP contribution in [0.3, 0.4) is 0 Å². The van der Waals surface area contributed by atoms with E-state index < -0.39 is 0 Å². The van der Waals surface area contributed by atoms with E-state index in [9.17, 15) is 4.79 Å². The first kappa shape index (κ1) is 28.3. The Morgan fingerprint density at radius 3 is 2.42 bits per heavy atom. The summed E-state index contributed by atoms with van der Waals surface area (Å²) >= 11 is 0. The molecular weight excluding hydrogens is 540 g/mol. The number of pyridine rings is 2. The molecule has 3 aromatic heterocycles. The summed E-state index contributed by atoms with van der Waals surface area (Å²) in [5.41, 5.74) is 10.9. The number of fused-ring (bicyclic) bond motifs is 1. The molecule has 0 bridgehead atoms. The Kier molecular flexibility index (Phi) is 7.79. The second-order valence-corrected chi connectivity index (χ2v) is 11.7. The van der Waals surface area contributed by atoms with Crippen LogP contribution in [0.5, 0.6) is 0 Å². The molecule has 10 nitrogen and oxygen atoms in total. The molecule has 6 rings (SSSR count). The molecule has 0 unspecified atom stereocenters. The number of morpholine rings is 1. The van der Waals surface area contributed by atoms with Crippen LogP contribution in [0.2, 0.25) is 0 Å². The third kappa shape index (κ3) is 6.35. The first-order valence-electron chi connectivity index (χ1n) is 14.4. The van der Waals surface area contributed by atoms with Crippen molar-refractivity contribution in [3.8, 4) is 16.8 Å². The molecule has 1 aliphatic rings. The summed E-state index contributed by atoms with van der Waals surface area (Å²) in [6, 6.07) is 21.2. The van der Waals surface area contributed by atoms with E-state index in [1.54, 1.807) is 16.9 Å². The van der Waals surface area contributed by atoms with Gasteiger partial charge in [0.15, 0.2) is 0 Å². The molecule has 0 spiro atoms. The Labute approximate surface area is 250 Å². The maximum absolute atomic E-state index is 13.4. The van der Waals surface area contributed by atoms with Crippen molar-refractivity contribution in [2.24, 2.45) is 0 Å². The fourth-order valence-electron chi connectivity index (χ4n) is 5.15. The van der Waals surface area contributed by atoms with E-state index in [0.29, 0.717) is 23.0 Å². The lowest BCUT2D eigenvalue weighted by molar-refractivity contribution is 0.0336. The van der Waals surface area contributed by atoms with Crippen molar-refractivity contribution < 1.29 is 9.53 Å². The number of rotatable bonds is 6. The fraction of sp³-hybridized carbons (Fsp3) is 0.273. The number of urea groups is 1. The van der Waals surface area contributed by atoms with Crippen molar-refractivity contribution in [2.45, 2.75) is 32.7 Å². The molecule has 2 aromatic carbocycles. The van der Waals surface area contributed by atoms with Gasteiger partial charge >= 0.3 is 6.03 Å². The second-order valence-electron chi connectivity index (χ2n) is 11.7. The van der Waals surface area contributed by atoms with Gasteiger partial charge in [0.25, 0.3) is 0 Å². The molecule has 0 radical (unpaired) electrons. The Morgan fingerprint density at radius 2 is 1.72 bits per heavy atom. The Balaban J connectivity index is 1.24. The maximum Gasteiger partial charge on any atom is 0.324 e. The molecule has 4 heterocycles. The standard InChI is InChI=1S/C33H36N8O2/c1-33(2,3)29-18-31(41(39-29)24-10-13-30(34)36-20-24)38-32(42)37-28-12-11-25(26-6-4-5-7-27(26)28)22-8-9-23(35-19-22)21-40-14-16-43-17-15-40/h4-13,18-20H,14-17,21H2,1-3H3,(H2,34,36)(H2,37,38,42). The number of hydrogen-bond donors (Lipinski definition) is 3. The number of hydrogen-bond acceptors (Lipinski definition) is 7. The van der Waals surface area contributed by atoms with E-state index in [-0.39, 0.29) is 11.4 Å². The number of nitrogens with two attached hydrogens (primary N) is 1. The second kappa shape index (κ2) is 11.8. The number of benzene rings is 2. The van der Waals surface area contributed by atoms with E-state index in [2.05, 4.69) is 59.5 Å². The van der Waals surface area contributed by atoms with E-state index in [4.69, 9.17) is 20.6 Å². The fourth-order valence-corrected chi connectivity index (χ4v) is 5.15. The van der Waals surface area contributed by atoms with Gasteiger partial charge in [-0.05, 0) is 35.2 Å². The molecule has 0 aliphatic carbocycles. The van der Waals surface area contributed by atoms with Crippen molar-refractivity contribution in [2.75, 3.05) is 42.7 Å². The molecular formula is C33H36N8O2. The topological polar surface area (TPSA) is 123 Å². The average Bonchev–Trinajstić information content (AvgIpc) is 3.43. The van der Waals surface area contributed by atoms with Crippen molar-refractivity contribution in [1.29, 1.82) is 0 Å². The summed E-state index contributed by atoms with van der Waals surface area (Å²) < 4.78 is 7.13. The van der Waals surface area contributed by atoms with Gasteiger partial charge in [0.1, 0.15) is 11.6 Å². The SMILES string of the molecule is CC(C)(C)c1cc(NC(=O)Nc2ccc(-c3ccc(CN4CCOCC4)nc3)c3ccccc23)n(-c2ccc(N)nc2)n1. The van der Waals surface area contributed by atoms with Crippen LogP contribution < -0.4 is 16.4 Å². The molecule has 43 heavy (non-hydrogen) atoms. The lowest BCUT2D eigenvalue weighted by Crippen LogP contribution is -2.35. The third-order valence-electron chi connectivity index (χ3n) is 7.53. The molecule has 1 aliphatic heterocycles. The number of ether oxygens (including phenoxy) is 1. The predicted molar refractivity (Wildman–Crippen MR) is 170 cm³/mol. The minimum atomic E-state index is -0.378. The Hall–Kier alpha value is -4.80. The Morgan fingerprint density at radius 1 is 0.930 bits per heavy atom. The van der Waals surface area contributed by atoms with Crippen molar-refractivity contribution in [3.05, 3.63) is 90.5 Å². The number of carbonyl (C=O) groups is 1. The maximum atomic E-state index is 13.4. The lowest BCUT2D eigenvalue weighted by Gasteiger charge is -2.26. The van der Waals surface area contributed by atoms with Crippen molar-refractivity contribution in [1.82, 2.24) is 24.6 Å². The van der Waals surface area contributed by atoms with E-state index in [1.807, 2.05) is 48.7 Å². The van der Waals surface area contributed by atoms with Gasteiger partial charge in [0, 0.05) is 48.3 Å². The van der Waals surface area contributed by atoms with E-state index in [0.717, 1.165) is 66.1 Å². The predicted octanol–water partition coefficient (Wildman–Crippen LogP) is 5.84. The summed E-state index contributed by atoms with van der Waals surface area (Å²) in [6.45, 7) is 10.4. The van der Waals surface area contributed by atoms with Crippen LogP contribution in [-0.2, 0) is 16.7 Å². The van der Waals surface area contributed by atoms with Gasteiger partial charge < -0.3 is 15.8 Å². The highest BCUT2D eigenvalue weighted by atomic mass is 16.5. The molecule has 1 fully saturated rings. The summed E-state index contributed by atoms with van der Waals surface area (Å²) in [5, 5.41) is 12.7. The van der Waals surface area contributed by atoms with Crippen LogP contribution in [-0.4, -0.2) is 57.0 Å². The van der Waals surface area contributed by atoms with Crippen LogP contribution in [0.15, 0.2) is 79.1 Å². The zero-order valence-electron chi connectivity index (χ0n) is 24.7. The highest BCUT2D eigenvalue weighted by molar-refractivity contribution is 6.09. The molecule has 0 atom stereocenters. The number of nitrogens with one attached hydrogen (secondary N) is 2. The quantitative estimate of drug-likeness (QED) is 0.232. The minimum absolute atomic E-state index is 0.221. The highest BCUT2D eigenvalue weighted by Gasteiger charge is 2.22. The van der Waals surface area contributed by atoms with Crippen LogP contribution in [0.25, 0.3) is 27.6 Å². The number of amides is 2. The Bertz CT molecular complexity index is 1730. The van der Waals surface area contributed by atoms with E-state index >= 15 is 0 Å². The van der Waals surface area contributed by atoms with Gasteiger partial charge in [-0.2, -0.15) is 5.10 Å². The molecule has 2 amide bonds. The first-order chi connectivity index (χ1) is 20.7. The van der Waals surface area contributed by atoms with Gasteiger partial charge in [0.05, 0.1) is 42.2 Å². The normalized spacial score (nSPS) is 14.1. The highest BCUT2D eigenvalue weighted by Crippen LogP contribution is 2.33. The van der Waals surface area contributed by atoms with Crippen LogP contribution >= 0.6 is 0 Å². The monoisotopic (exact) mass is 576 g/mol. The largest absolute Gasteiger partial charge is 0.384 e. The summed E-state index contributed by atoms with van der Waals surface area (Å²) in [7, 11) is 0. The van der Waals surface area contributed by atoms with Crippen LogP contribution in [0.4, 0.5) is 22.1 Å². The number of nitrogens with zero attached hydrogens (tertiary/aromatic N) is 5. The molecule has 10 heteroatoms. The number of aromatic nitrogens is 4. The summed E-state index contributed by atoms with van der Waals surface area (Å²) in [5.74, 6) is 0.937. The van der Waals surface area contributed by atoms with Crippen molar-refractivity contribution >= 4 is 34.1 Å². The molecule has 220 valence electrons. The third-order valence-corrected chi connectivity index (χ3v) is 7.53. The molecule has 5 aromatic rings. The number of nitrogen functional groups attached to an aromatic ring is 1. The van der Waals surface area contributed by atoms with Crippen LogP contribution in [0, 0.1) is 0 Å². The van der Waals surface area contributed by atoms with Gasteiger partial charge in [0.2, 0.25) is 0 Å². The van der Waals surface area contributed by atoms with Gasteiger partial charge in [-0.3, -0.25) is 15.2 Å². The zero-order chi connectivity index (χ0) is 30.0. The first-order valence-corrected chi connectivity index (χ1v) is 14.4.